The highest BCUT2D eigenvalue weighted by Gasteiger charge is 2.15. The average Bonchev–Trinajstić information content (AvgIpc) is 2.98. The Bertz CT molecular complexity index is 454. The standard InChI is InChI=1S/C15H19NO3/c1-18-13-9-12(10-14(11-13)19-2)5-6-15(17)16-7-3-4-8-16/h5-6,9-11H,3-4,7-8H2,1-2H3/b6-5+. The van der Waals surface area contributed by atoms with Gasteiger partial charge in [0.2, 0.25) is 5.91 Å². The van der Waals surface area contributed by atoms with Gasteiger partial charge in [-0.15, -0.1) is 0 Å². The molecule has 1 fully saturated rings. The van der Waals surface area contributed by atoms with Crippen molar-refractivity contribution in [2.75, 3.05) is 27.3 Å². The third-order valence-corrected chi connectivity index (χ3v) is 3.21. The van der Waals surface area contributed by atoms with E-state index in [0.29, 0.717) is 11.5 Å². The second-order valence-electron chi connectivity index (χ2n) is 4.51. The molecule has 0 radical (unpaired) electrons. The largest absolute Gasteiger partial charge is 0.497 e. The van der Waals surface area contributed by atoms with E-state index in [0.717, 1.165) is 31.5 Å². The zero-order chi connectivity index (χ0) is 13.7. The average molecular weight is 261 g/mol. The van der Waals surface area contributed by atoms with Crippen LogP contribution in [0.1, 0.15) is 18.4 Å². The minimum Gasteiger partial charge on any atom is -0.497 e. The zero-order valence-corrected chi connectivity index (χ0v) is 11.4. The van der Waals surface area contributed by atoms with Gasteiger partial charge >= 0.3 is 0 Å². The third kappa shape index (κ3) is 3.50. The van der Waals surface area contributed by atoms with E-state index in [1.807, 2.05) is 17.0 Å². The fourth-order valence-electron chi connectivity index (χ4n) is 2.14. The number of rotatable bonds is 4. The summed E-state index contributed by atoms with van der Waals surface area (Å²) in [6, 6.07) is 5.55. The number of hydrogen-bond acceptors (Lipinski definition) is 3. The van der Waals surface area contributed by atoms with Gasteiger partial charge in [0, 0.05) is 25.2 Å². The van der Waals surface area contributed by atoms with Crippen LogP contribution in [-0.2, 0) is 4.79 Å². The highest BCUT2D eigenvalue weighted by molar-refractivity contribution is 5.92. The second kappa shape index (κ2) is 6.27. The molecule has 0 aliphatic carbocycles. The molecule has 0 atom stereocenters. The van der Waals surface area contributed by atoms with E-state index < -0.39 is 0 Å². The van der Waals surface area contributed by atoms with E-state index >= 15 is 0 Å². The molecule has 1 heterocycles. The summed E-state index contributed by atoms with van der Waals surface area (Å²) >= 11 is 0. The molecule has 0 N–H and O–H groups in total. The van der Waals surface area contributed by atoms with Gasteiger partial charge in [-0.3, -0.25) is 4.79 Å². The zero-order valence-electron chi connectivity index (χ0n) is 11.4. The van der Waals surface area contributed by atoms with Gasteiger partial charge in [0.25, 0.3) is 0 Å². The number of benzene rings is 1. The Morgan fingerprint density at radius 3 is 2.21 bits per heavy atom. The van der Waals surface area contributed by atoms with Crippen LogP contribution in [0, 0.1) is 0 Å². The van der Waals surface area contributed by atoms with Crippen molar-refractivity contribution in [3.8, 4) is 11.5 Å². The van der Waals surface area contributed by atoms with Crippen LogP contribution < -0.4 is 9.47 Å². The molecule has 1 aliphatic rings. The number of carbonyl (C=O) groups excluding carboxylic acids is 1. The number of nitrogens with zero attached hydrogens (tertiary/aromatic N) is 1. The molecule has 0 bridgehead atoms. The number of ether oxygens (including phenoxy) is 2. The van der Waals surface area contributed by atoms with Crippen LogP contribution in [0.4, 0.5) is 0 Å². The summed E-state index contributed by atoms with van der Waals surface area (Å²) in [5.74, 6) is 1.50. The Labute approximate surface area is 113 Å². The number of methoxy groups -OCH3 is 2. The number of carbonyl (C=O) groups is 1. The lowest BCUT2D eigenvalue weighted by molar-refractivity contribution is -0.124. The summed E-state index contributed by atoms with van der Waals surface area (Å²) in [7, 11) is 3.22. The predicted molar refractivity (Wildman–Crippen MR) is 74.4 cm³/mol. The number of amides is 1. The highest BCUT2D eigenvalue weighted by atomic mass is 16.5. The normalized spacial score (nSPS) is 14.9. The SMILES string of the molecule is COc1cc(/C=C/C(=O)N2CCCC2)cc(OC)c1. The van der Waals surface area contributed by atoms with Crippen LogP contribution in [0.5, 0.6) is 11.5 Å². The van der Waals surface area contributed by atoms with Gasteiger partial charge in [-0.2, -0.15) is 0 Å². The first kappa shape index (κ1) is 13.5. The van der Waals surface area contributed by atoms with Gasteiger partial charge in [-0.1, -0.05) is 0 Å². The maximum absolute atomic E-state index is 11.9. The molecular formula is C15H19NO3. The lowest BCUT2D eigenvalue weighted by Crippen LogP contribution is -2.25. The molecule has 19 heavy (non-hydrogen) atoms. The molecule has 0 unspecified atom stereocenters. The Hall–Kier alpha value is -1.97. The molecule has 4 heteroatoms. The Morgan fingerprint density at radius 2 is 1.68 bits per heavy atom. The molecule has 0 saturated carbocycles. The quantitative estimate of drug-likeness (QED) is 0.781. The predicted octanol–water partition coefficient (Wildman–Crippen LogP) is 2.34. The van der Waals surface area contributed by atoms with Gasteiger partial charge in [-0.05, 0) is 36.6 Å². The molecule has 4 nitrogen and oxygen atoms in total. The van der Waals surface area contributed by atoms with Gasteiger partial charge < -0.3 is 14.4 Å². The van der Waals surface area contributed by atoms with Crippen LogP contribution in [0.25, 0.3) is 6.08 Å². The highest BCUT2D eigenvalue weighted by Crippen LogP contribution is 2.23. The topological polar surface area (TPSA) is 38.8 Å². The first-order valence-corrected chi connectivity index (χ1v) is 6.43. The monoisotopic (exact) mass is 261 g/mol. The van der Waals surface area contributed by atoms with E-state index in [9.17, 15) is 4.79 Å². The second-order valence-corrected chi connectivity index (χ2v) is 4.51. The summed E-state index contributed by atoms with van der Waals surface area (Å²) in [6.45, 7) is 1.73. The van der Waals surface area contributed by atoms with Gasteiger partial charge in [0.15, 0.2) is 0 Å². The van der Waals surface area contributed by atoms with Gasteiger partial charge in [0.05, 0.1) is 14.2 Å². The lowest BCUT2D eigenvalue weighted by Gasteiger charge is -2.11. The van der Waals surface area contributed by atoms with Crippen LogP contribution in [0.2, 0.25) is 0 Å². The van der Waals surface area contributed by atoms with Crippen LogP contribution in [0.15, 0.2) is 24.3 Å². The van der Waals surface area contributed by atoms with Crippen molar-refractivity contribution in [3.63, 3.8) is 0 Å². The molecule has 0 aromatic heterocycles. The van der Waals surface area contributed by atoms with E-state index in [1.165, 1.54) is 0 Å². The maximum Gasteiger partial charge on any atom is 0.246 e. The Balaban J connectivity index is 2.10. The molecule has 1 saturated heterocycles. The van der Waals surface area contributed by atoms with Crippen molar-refractivity contribution in [1.82, 2.24) is 4.90 Å². The number of likely N-dealkylation sites (tertiary alicyclic amines) is 1. The molecule has 1 aromatic rings. The van der Waals surface area contributed by atoms with Gasteiger partial charge in [0.1, 0.15) is 11.5 Å². The van der Waals surface area contributed by atoms with Crippen molar-refractivity contribution in [2.45, 2.75) is 12.8 Å². The molecule has 1 aromatic carbocycles. The minimum atomic E-state index is 0.0688. The van der Waals surface area contributed by atoms with E-state index in [-0.39, 0.29) is 5.91 Å². The molecule has 2 rings (SSSR count). The van der Waals surface area contributed by atoms with E-state index in [2.05, 4.69) is 0 Å². The summed E-state index contributed by atoms with van der Waals surface area (Å²) < 4.78 is 10.4. The van der Waals surface area contributed by atoms with E-state index in [1.54, 1.807) is 32.4 Å². The molecule has 1 aliphatic heterocycles. The van der Waals surface area contributed by atoms with Crippen molar-refractivity contribution in [1.29, 1.82) is 0 Å². The number of hydrogen-bond donors (Lipinski definition) is 0. The fraction of sp³-hybridized carbons (Fsp3) is 0.400. The van der Waals surface area contributed by atoms with E-state index in [4.69, 9.17) is 9.47 Å². The summed E-state index contributed by atoms with van der Waals surface area (Å²) in [5, 5.41) is 0. The summed E-state index contributed by atoms with van der Waals surface area (Å²) in [5.41, 5.74) is 0.892. The summed E-state index contributed by atoms with van der Waals surface area (Å²) in [4.78, 5) is 13.8. The Kier molecular flexibility index (Phi) is 4.44. The first-order chi connectivity index (χ1) is 9.22. The molecule has 102 valence electrons. The lowest BCUT2D eigenvalue weighted by atomic mass is 10.2. The third-order valence-electron chi connectivity index (χ3n) is 3.21. The van der Waals surface area contributed by atoms with Gasteiger partial charge in [-0.25, -0.2) is 0 Å². The Morgan fingerprint density at radius 1 is 1.11 bits per heavy atom. The van der Waals surface area contributed by atoms with Crippen LogP contribution in [-0.4, -0.2) is 38.1 Å². The van der Waals surface area contributed by atoms with Crippen molar-refractivity contribution in [3.05, 3.63) is 29.8 Å². The summed E-state index contributed by atoms with van der Waals surface area (Å²) in [6.07, 6.45) is 5.62. The van der Waals surface area contributed by atoms with Crippen molar-refractivity contribution >= 4 is 12.0 Å². The minimum absolute atomic E-state index is 0.0688. The molecular weight excluding hydrogens is 242 g/mol. The fourth-order valence-corrected chi connectivity index (χ4v) is 2.14. The van der Waals surface area contributed by atoms with Crippen LogP contribution in [0.3, 0.4) is 0 Å². The van der Waals surface area contributed by atoms with Crippen molar-refractivity contribution in [2.24, 2.45) is 0 Å². The van der Waals surface area contributed by atoms with Crippen molar-refractivity contribution < 1.29 is 14.3 Å². The van der Waals surface area contributed by atoms with Crippen LogP contribution >= 0.6 is 0 Å². The maximum atomic E-state index is 11.9. The molecule has 0 spiro atoms. The molecule has 1 amide bonds. The first-order valence-electron chi connectivity index (χ1n) is 6.43. The smallest absolute Gasteiger partial charge is 0.246 e.